The van der Waals surface area contributed by atoms with Gasteiger partial charge in [-0.1, -0.05) is 25.0 Å². The molecule has 1 unspecified atom stereocenters. The van der Waals surface area contributed by atoms with E-state index in [0.717, 1.165) is 33.5 Å². The summed E-state index contributed by atoms with van der Waals surface area (Å²) in [6.45, 7) is 3.29. The van der Waals surface area contributed by atoms with E-state index >= 15 is 0 Å². The second-order valence-electron chi connectivity index (χ2n) is 10.5. The van der Waals surface area contributed by atoms with E-state index in [1.807, 2.05) is 49.2 Å². The lowest BCUT2D eigenvalue weighted by atomic mass is 9.59. The van der Waals surface area contributed by atoms with Crippen molar-refractivity contribution < 1.29 is 19.4 Å². The fraction of sp³-hybridized carbons (Fsp3) is 0.400. The Morgan fingerprint density at radius 1 is 1.27 bits per heavy atom. The van der Waals surface area contributed by atoms with Gasteiger partial charge < -0.3 is 14.8 Å². The van der Waals surface area contributed by atoms with E-state index in [4.69, 9.17) is 11.2 Å². The van der Waals surface area contributed by atoms with Crippen LogP contribution in [0.2, 0.25) is 0 Å². The van der Waals surface area contributed by atoms with Crippen LogP contribution in [0.1, 0.15) is 42.5 Å². The number of hydrogen-bond donors (Lipinski definition) is 2. The van der Waals surface area contributed by atoms with Gasteiger partial charge in [-0.05, 0) is 67.3 Å². The van der Waals surface area contributed by atoms with Crippen molar-refractivity contribution in [3.8, 4) is 23.8 Å². The first-order valence-electron chi connectivity index (χ1n) is 12.7. The van der Waals surface area contributed by atoms with E-state index in [1.165, 1.54) is 4.90 Å². The SMILES string of the molecule is C#CCN(C)CCN1C(=O)CCC2[C@H](c3cccc(O)c3)c3[nH]c4ccc(OC)cc4c3C[C@@]2(C)C1=O. The number of aromatic hydroxyl groups is 1. The highest BCUT2D eigenvalue weighted by molar-refractivity contribution is 6.00. The molecule has 1 saturated heterocycles. The van der Waals surface area contributed by atoms with Crippen LogP contribution in [0.4, 0.5) is 0 Å². The molecule has 1 fully saturated rings. The Morgan fingerprint density at radius 2 is 2.08 bits per heavy atom. The number of terminal acetylenes is 1. The second-order valence-corrected chi connectivity index (χ2v) is 10.5. The number of imide groups is 1. The first-order chi connectivity index (χ1) is 17.8. The lowest BCUT2D eigenvalue weighted by Crippen LogP contribution is -2.51. The average Bonchev–Trinajstić information content (AvgIpc) is 3.19. The van der Waals surface area contributed by atoms with Crippen molar-refractivity contribution in [2.45, 2.75) is 32.1 Å². The fourth-order valence-corrected chi connectivity index (χ4v) is 6.30. The molecule has 192 valence electrons. The van der Waals surface area contributed by atoms with Crippen LogP contribution < -0.4 is 4.74 Å². The highest BCUT2D eigenvalue weighted by Gasteiger charge is 2.54. The summed E-state index contributed by atoms with van der Waals surface area (Å²) >= 11 is 0. The number of methoxy groups -OCH3 is 1. The van der Waals surface area contributed by atoms with Crippen LogP contribution in [0.3, 0.4) is 0 Å². The number of nitrogens with one attached hydrogen (secondary N) is 1. The van der Waals surface area contributed by atoms with Gasteiger partial charge in [-0.2, -0.15) is 0 Å². The van der Waals surface area contributed by atoms with Gasteiger partial charge in [0, 0.05) is 42.0 Å². The lowest BCUT2D eigenvalue weighted by Gasteiger charge is -2.45. The van der Waals surface area contributed by atoms with Gasteiger partial charge >= 0.3 is 0 Å². The summed E-state index contributed by atoms with van der Waals surface area (Å²) in [4.78, 5) is 34.6. The van der Waals surface area contributed by atoms with Crippen molar-refractivity contribution >= 4 is 22.7 Å². The molecule has 0 bridgehead atoms. The first-order valence-corrected chi connectivity index (χ1v) is 12.7. The van der Waals surface area contributed by atoms with Crippen molar-refractivity contribution in [1.29, 1.82) is 0 Å². The highest BCUT2D eigenvalue weighted by atomic mass is 16.5. The van der Waals surface area contributed by atoms with E-state index < -0.39 is 5.41 Å². The summed E-state index contributed by atoms with van der Waals surface area (Å²) in [6.07, 6.45) is 6.83. The summed E-state index contributed by atoms with van der Waals surface area (Å²) in [6, 6.07) is 13.2. The number of H-pyrrole nitrogens is 1. The Labute approximate surface area is 217 Å². The number of amides is 2. The number of carbonyl (C=O) groups is 2. The minimum atomic E-state index is -0.807. The maximum Gasteiger partial charge on any atom is 0.235 e. The molecule has 0 saturated carbocycles. The maximum absolute atomic E-state index is 14.3. The predicted molar refractivity (Wildman–Crippen MR) is 142 cm³/mol. The van der Waals surface area contributed by atoms with Gasteiger partial charge in [0.05, 0.1) is 19.1 Å². The number of likely N-dealkylation sites (N-methyl/N-ethyl adjacent to an activating group) is 1. The lowest BCUT2D eigenvalue weighted by molar-refractivity contribution is -0.151. The largest absolute Gasteiger partial charge is 0.508 e. The summed E-state index contributed by atoms with van der Waals surface area (Å²) in [5, 5.41) is 11.4. The standard InChI is InChI=1S/C30H33N3O4/c1-5-13-32(3)14-15-33-26(35)12-10-24-27(19-7-6-8-20(34)16-19)28-23(18-30(24,2)29(33)36)22-17-21(37-4)9-11-25(22)31-28/h1,6-9,11,16-17,24,27,31,34H,10,12-15,18H2,2-4H3/t24?,27-,30+/m0/s1. The molecule has 7 nitrogen and oxygen atoms in total. The van der Waals surface area contributed by atoms with Gasteiger partial charge in [0.1, 0.15) is 11.5 Å². The predicted octanol–water partition coefficient (Wildman–Crippen LogP) is 3.91. The number of aromatic amines is 1. The number of nitrogens with zero attached hydrogens (tertiary/aromatic N) is 2. The molecule has 7 heteroatoms. The number of likely N-dealkylation sites (tertiary alicyclic amines) is 1. The van der Waals surface area contributed by atoms with Gasteiger partial charge in [0.25, 0.3) is 0 Å². The normalized spacial score (nSPS) is 23.5. The summed E-state index contributed by atoms with van der Waals surface area (Å²) < 4.78 is 5.50. The van der Waals surface area contributed by atoms with Crippen LogP contribution in [0.5, 0.6) is 11.5 Å². The minimum absolute atomic E-state index is 0.123. The van der Waals surface area contributed by atoms with E-state index in [1.54, 1.807) is 19.2 Å². The molecule has 2 aromatic carbocycles. The number of carbonyl (C=O) groups excluding carboxylic acids is 2. The third kappa shape index (κ3) is 4.25. The Bertz CT molecular complexity index is 1400. The van der Waals surface area contributed by atoms with Crippen LogP contribution in [0.15, 0.2) is 42.5 Å². The Balaban J connectivity index is 1.65. The zero-order chi connectivity index (χ0) is 26.3. The molecular weight excluding hydrogens is 466 g/mol. The van der Waals surface area contributed by atoms with Gasteiger partial charge in [-0.3, -0.25) is 19.4 Å². The highest BCUT2D eigenvalue weighted by Crippen LogP contribution is 2.55. The third-order valence-electron chi connectivity index (χ3n) is 8.22. The Kier molecular flexibility index (Phi) is 6.47. The van der Waals surface area contributed by atoms with Crippen molar-refractivity contribution in [2.24, 2.45) is 11.3 Å². The molecule has 1 aliphatic heterocycles. The van der Waals surface area contributed by atoms with Gasteiger partial charge in [-0.15, -0.1) is 6.42 Å². The number of fused-ring (bicyclic) bond motifs is 4. The maximum atomic E-state index is 14.3. The molecular formula is C30H33N3O4. The molecule has 0 spiro atoms. The van der Waals surface area contributed by atoms with E-state index in [2.05, 4.69) is 10.9 Å². The molecule has 1 aliphatic carbocycles. The van der Waals surface area contributed by atoms with Crippen molar-refractivity contribution in [3.05, 3.63) is 59.3 Å². The Morgan fingerprint density at radius 3 is 2.81 bits per heavy atom. The minimum Gasteiger partial charge on any atom is -0.508 e. The molecule has 0 radical (unpaired) electrons. The molecule has 3 atom stereocenters. The number of hydrogen-bond acceptors (Lipinski definition) is 5. The summed E-state index contributed by atoms with van der Waals surface area (Å²) in [5.74, 6) is 2.95. The van der Waals surface area contributed by atoms with Crippen LogP contribution in [-0.2, 0) is 16.0 Å². The van der Waals surface area contributed by atoms with E-state index in [-0.39, 0.29) is 29.4 Å². The van der Waals surface area contributed by atoms with Gasteiger partial charge in [0.15, 0.2) is 0 Å². The second kappa shape index (κ2) is 9.60. The summed E-state index contributed by atoms with van der Waals surface area (Å²) in [5.41, 5.74) is 3.20. The molecule has 1 aromatic heterocycles. The first kappa shape index (κ1) is 24.9. The number of aromatic nitrogens is 1. The monoisotopic (exact) mass is 499 g/mol. The zero-order valence-electron chi connectivity index (χ0n) is 21.6. The molecule has 37 heavy (non-hydrogen) atoms. The van der Waals surface area contributed by atoms with Crippen molar-refractivity contribution in [2.75, 3.05) is 33.8 Å². The Hall–Kier alpha value is -3.76. The van der Waals surface area contributed by atoms with E-state index in [0.29, 0.717) is 38.9 Å². The smallest absolute Gasteiger partial charge is 0.235 e. The van der Waals surface area contributed by atoms with E-state index in [9.17, 15) is 14.7 Å². The van der Waals surface area contributed by atoms with Crippen molar-refractivity contribution in [1.82, 2.24) is 14.8 Å². The van der Waals surface area contributed by atoms with Crippen LogP contribution in [-0.4, -0.2) is 65.5 Å². The van der Waals surface area contributed by atoms with Gasteiger partial charge in [-0.25, -0.2) is 0 Å². The molecule has 2 heterocycles. The zero-order valence-corrected chi connectivity index (χ0v) is 21.6. The number of rotatable bonds is 6. The molecule has 2 aliphatic rings. The quantitative estimate of drug-likeness (QED) is 0.397. The van der Waals surface area contributed by atoms with Gasteiger partial charge in [0.2, 0.25) is 11.8 Å². The number of ether oxygens (including phenoxy) is 1. The van der Waals surface area contributed by atoms with Crippen LogP contribution in [0, 0.1) is 23.7 Å². The fourth-order valence-electron chi connectivity index (χ4n) is 6.30. The molecule has 2 N–H and O–H groups in total. The average molecular weight is 500 g/mol. The molecule has 2 amide bonds. The summed E-state index contributed by atoms with van der Waals surface area (Å²) in [7, 11) is 3.53. The van der Waals surface area contributed by atoms with Crippen LogP contribution in [0.25, 0.3) is 10.9 Å². The molecule has 5 rings (SSSR count). The third-order valence-corrected chi connectivity index (χ3v) is 8.22. The molecule has 3 aromatic rings. The number of phenols is 1. The van der Waals surface area contributed by atoms with Crippen molar-refractivity contribution in [3.63, 3.8) is 0 Å². The number of phenolic OH excluding ortho intramolecular Hbond substituents is 1. The topological polar surface area (TPSA) is 85.9 Å². The van der Waals surface area contributed by atoms with Crippen LogP contribution >= 0.6 is 0 Å². The number of benzene rings is 2.